The molecule has 0 spiro atoms. The molecule has 9 rings (SSSR count). The number of aromatic amines is 2. The molecule has 300 valence electrons. The number of amides is 3. The fourth-order valence-corrected chi connectivity index (χ4v) is 9.32. The molecular formula is C45H45F3N6O4. The maximum atomic E-state index is 16.2. The lowest BCUT2D eigenvalue weighted by Crippen LogP contribution is -2.52. The number of carbonyl (C=O) groups is 3. The van der Waals surface area contributed by atoms with Gasteiger partial charge in [0.1, 0.15) is 40.9 Å². The Balaban J connectivity index is 0.836. The molecule has 0 radical (unpaired) electrons. The van der Waals surface area contributed by atoms with E-state index < -0.39 is 35.3 Å². The first-order chi connectivity index (χ1) is 27.8. The Morgan fingerprint density at radius 1 is 0.914 bits per heavy atom. The Labute approximate surface area is 334 Å². The quantitative estimate of drug-likeness (QED) is 0.126. The number of hydrogen-bond donors (Lipinski definition) is 3. The van der Waals surface area contributed by atoms with Crippen LogP contribution in [0, 0.1) is 23.5 Å². The molecule has 0 saturated carbocycles. The van der Waals surface area contributed by atoms with Crippen molar-refractivity contribution in [1.29, 1.82) is 0 Å². The van der Waals surface area contributed by atoms with Crippen LogP contribution in [0.2, 0.25) is 0 Å². The molecule has 10 nitrogen and oxygen atoms in total. The normalized spacial score (nSPS) is 21.9. The van der Waals surface area contributed by atoms with Crippen molar-refractivity contribution in [2.45, 2.75) is 89.3 Å². The van der Waals surface area contributed by atoms with Crippen molar-refractivity contribution in [3.8, 4) is 17.6 Å². The van der Waals surface area contributed by atoms with E-state index in [0.717, 1.165) is 38.5 Å². The SMILES string of the molecule is C[C@@H]1Cc2c([nH]c3ccccc23)[C@@H](c2c(F)cc(OC3CCN(CC#Cc4ccc5c6c([nH]c5c4)C(=O)N(C4CCC(=O)NC4=O)C6)CC3)cc2F)N1CC(C)(C)F. The molecule has 2 aromatic heterocycles. The van der Waals surface area contributed by atoms with E-state index in [9.17, 15) is 14.4 Å². The number of halogens is 3. The van der Waals surface area contributed by atoms with Gasteiger partial charge < -0.3 is 19.6 Å². The van der Waals surface area contributed by atoms with Gasteiger partial charge in [-0.3, -0.25) is 29.5 Å². The summed E-state index contributed by atoms with van der Waals surface area (Å²) in [6.07, 6.45) is 2.25. The van der Waals surface area contributed by atoms with Gasteiger partial charge in [-0.25, -0.2) is 13.2 Å². The number of hydrogen-bond acceptors (Lipinski definition) is 6. The molecule has 13 heteroatoms. The van der Waals surface area contributed by atoms with Crippen molar-refractivity contribution in [1.82, 2.24) is 30.0 Å². The smallest absolute Gasteiger partial charge is 0.271 e. The summed E-state index contributed by atoms with van der Waals surface area (Å²) >= 11 is 0. The van der Waals surface area contributed by atoms with Gasteiger partial charge in [0.25, 0.3) is 5.91 Å². The summed E-state index contributed by atoms with van der Waals surface area (Å²) < 4.78 is 53.8. The molecule has 58 heavy (non-hydrogen) atoms. The highest BCUT2D eigenvalue weighted by molar-refractivity contribution is 6.08. The summed E-state index contributed by atoms with van der Waals surface area (Å²) in [6.45, 7) is 7.20. The lowest BCUT2D eigenvalue weighted by Gasteiger charge is -2.43. The van der Waals surface area contributed by atoms with E-state index in [4.69, 9.17) is 4.74 Å². The number of nitrogens with zero attached hydrogens (tertiary/aromatic N) is 3. The number of H-pyrrole nitrogens is 2. The molecule has 3 atom stereocenters. The summed E-state index contributed by atoms with van der Waals surface area (Å²) in [5.41, 5.74) is 3.76. The average Bonchev–Trinajstić information content (AvgIpc) is 3.82. The number of carbonyl (C=O) groups excluding carboxylic acids is 3. The molecule has 6 heterocycles. The summed E-state index contributed by atoms with van der Waals surface area (Å²) in [6, 6.07) is 14.4. The van der Waals surface area contributed by atoms with E-state index in [0.29, 0.717) is 63.3 Å². The van der Waals surface area contributed by atoms with Crippen LogP contribution >= 0.6 is 0 Å². The summed E-state index contributed by atoms with van der Waals surface area (Å²) in [7, 11) is 0. The second-order valence-electron chi connectivity index (χ2n) is 16.7. The third-order valence-electron chi connectivity index (χ3n) is 12.1. The van der Waals surface area contributed by atoms with E-state index in [1.54, 1.807) is 0 Å². The summed E-state index contributed by atoms with van der Waals surface area (Å²) in [4.78, 5) is 49.5. The van der Waals surface area contributed by atoms with Gasteiger partial charge in [0.2, 0.25) is 11.8 Å². The van der Waals surface area contributed by atoms with Crippen molar-refractivity contribution in [2.75, 3.05) is 26.2 Å². The van der Waals surface area contributed by atoms with Crippen molar-refractivity contribution in [3.63, 3.8) is 0 Å². The van der Waals surface area contributed by atoms with E-state index in [-0.39, 0.29) is 48.2 Å². The van der Waals surface area contributed by atoms with Gasteiger partial charge in [0.05, 0.1) is 12.6 Å². The van der Waals surface area contributed by atoms with E-state index >= 15 is 13.2 Å². The Bertz CT molecular complexity index is 2510. The number of likely N-dealkylation sites (tertiary alicyclic amines) is 1. The minimum absolute atomic E-state index is 0.00815. The first-order valence-electron chi connectivity index (χ1n) is 20.0. The average molecular weight is 791 g/mol. The number of fused-ring (bicyclic) bond motifs is 6. The topological polar surface area (TPSA) is 114 Å². The predicted molar refractivity (Wildman–Crippen MR) is 213 cm³/mol. The highest BCUT2D eigenvalue weighted by atomic mass is 19.1. The molecule has 5 aromatic rings. The van der Waals surface area contributed by atoms with Gasteiger partial charge in [-0.1, -0.05) is 36.1 Å². The highest BCUT2D eigenvalue weighted by Crippen LogP contribution is 2.44. The molecule has 3 N–H and O–H groups in total. The van der Waals surface area contributed by atoms with Crippen LogP contribution in [0.3, 0.4) is 0 Å². The minimum Gasteiger partial charge on any atom is -0.490 e. The number of benzene rings is 3. The van der Waals surface area contributed by atoms with Gasteiger partial charge in [-0.05, 0) is 70.2 Å². The van der Waals surface area contributed by atoms with Crippen LogP contribution in [0.25, 0.3) is 21.8 Å². The maximum absolute atomic E-state index is 16.2. The Morgan fingerprint density at radius 2 is 1.66 bits per heavy atom. The number of rotatable bonds is 7. The fraction of sp³-hybridized carbons (Fsp3) is 0.400. The second-order valence-corrected chi connectivity index (χ2v) is 16.7. The van der Waals surface area contributed by atoms with E-state index in [1.165, 1.54) is 30.9 Å². The highest BCUT2D eigenvalue weighted by Gasteiger charge is 2.42. The number of ether oxygens (including phenoxy) is 1. The van der Waals surface area contributed by atoms with Gasteiger partial charge in [0.15, 0.2) is 0 Å². The standard InChI is InChI=1S/C45H45F3N6O4/c1-25-19-31-29-8-4-5-9-35(29)49-40(31)42(54(25)24-45(2,3)48)39-33(46)21-28(22-34(39)47)58-27-14-17-52(18-15-27)16-6-7-26-10-11-30-32-23-53(37-12-13-38(55)51-43(37)56)44(57)41(32)50-36(30)20-26/h4-5,8-11,20-22,25,27,37,42,49-50H,12-19,23-24H2,1-3H3,(H,51,55,56)/t25-,37?,42-/m1/s1. The van der Waals surface area contributed by atoms with Gasteiger partial charge >= 0.3 is 0 Å². The Morgan fingerprint density at radius 3 is 2.40 bits per heavy atom. The molecule has 1 unspecified atom stereocenters. The lowest BCUT2D eigenvalue weighted by atomic mass is 9.87. The minimum atomic E-state index is -1.58. The summed E-state index contributed by atoms with van der Waals surface area (Å²) in [5.74, 6) is 4.15. The Kier molecular flexibility index (Phi) is 9.60. The van der Waals surface area contributed by atoms with Crippen LogP contribution in [0.5, 0.6) is 5.75 Å². The number of aromatic nitrogens is 2. The van der Waals surface area contributed by atoms with Crippen molar-refractivity contribution in [2.24, 2.45) is 0 Å². The second kappa shape index (κ2) is 14.7. The molecular weight excluding hydrogens is 746 g/mol. The maximum Gasteiger partial charge on any atom is 0.271 e. The molecule has 3 aromatic carbocycles. The third-order valence-corrected chi connectivity index (χ3v) is 12.1. The van der Waals surface area contributed by atoms with Crippen LogP contribution < -0.4 is 10.1 Å². The van der Waals surface area contributed by atoms with Gasteiger partial charge in [-0.2, -0.15) is 0 Å². The predicted octanol–water partition coefficient (Wildman–Crippen LogP) is 6.67. The zero-order chi connectivity index (χ0) is 40.5. The van der Waals surface area contributed by atoms with Crippen molar-refractivity contribution < 1.29 is 32.3 Å². The first-order valence-corrected chi connectivity index (χ1v) is 20.0. The van der Waals surface area contributed by atoms with Crippen molar-refractivity contribution in [3.05, 3.63) is 99.9 Å². The molecule has 3 amide bonds. The monoisotopic (exact) mass is 790 g/mol. The van der Waals surface area contributed by atoms with Crippen LogP contribution in [-0.4, -0.2) is 92.4 Å². The van der Waals surface area contributed by atoms with Gasteiger partial charge in [0, 0.05) is 95.0 Å². The molecule has 2 saturated heterocycles. The Hall–Kier alpha value is -5.58. The van der Waals surface area contributed by atoms with Gasteiger partial charge in [-0.15, -0.1) is 0 Å². The molecule has 0 aliphatic carbocycles. The number of piperidine rings is 2. The zero-order valence-corrected chi connectivity index (χ0v) is 32.7. The van der Waals surface area contributed by atoms with Crippen LogP contribution in [0.1, 0.15) is 90.9 Å². The number of para-hydroxylation sites is 1. The largest absolute Gasteiger partial charge is 0.490 e. The van der Waals surface area contributed by atoms with E-state index in [1.807, 2.05) is 54.3 Å². The number of nitrogens with one attached hydrogen (secondary N) is 3. The van der Waals surface area contributed by atoms with Crippen LogP contribution in [0.15, 0.2) is 54.6 Å². The fourth-order valence-electron chi connectivity index (χ4n) is 9.32. The van der Waals surface area contributed by atoms with Crippen molar-refractivity contribution >= 4 is 39.5 Å². The number of imide groups is 1. The van der Waals surface area contributed by atoms with Crippen LogP contribution in [0.4, 0.5) is 13.2 Å². The summed E-state index contributed by atoms with van der Waals surface area (Å²) in [5, 5.41) is 4.24. The molecule has 4 aliphatic rings. The molecule has 0 bridgehead atoms. The van der Waals surface area contributed by atoms with E-state index in [2.05, 4.69) is 32.0 Å². The third kappa shape index (κ3) is 7.02. The first kappa shape index (κ1) is 38.0. The number of alkyl halides is 1. The molecule has 4 aliphatic heterocycles. The lowest BCUT2D eigenvalue weighted by molar-refractivity contribution is -0.136. The zero-order valence-electron chi connectivity index (χ0n) is 32.7. The van der Waals surface area contributed by atoms with Crippen LogP contribution in [-0.2, 0) is 22.6 Å². The molecule has 2 fully saturated rings.